The van der Waals surface area contributed by atoms with E-state index in [0.717, 1.165) is 6.16 Å². The molecule has 0 aliphatic carbocycles. The topological polar surface area (TPSA) is 0 Å². The fraction of sp³-hybridized carbons (Fsp3) is 0.0588. The molecule has 0 aromatic heterocycles. The van der Waals surface area contributed by atoms with Gasteiger partial charge in [0.1, 0.15) is 0 Å². The van der Waals surface area contributed by atoms with E-state index < -0.39 is 6.60 Å². The van der Waals surface area contributed by atoms with Crippen LogP contribution >= 0.6 is 6.60 Å². The summed E-state index contributed by atoms with van der Waals surface area (Å²) in [7, 11) is 0. The fourth-order valence-corrected chi connectivity index (χ4v) is 10.6. The molecule has 0 saturated heterocycles. The molecule has 5 aromatic rings. The molecule has 174 valence electrons. The monoisotopic (exact) mass is 472 g/mol. The molecule has 5 aromatic carbocycles. The van der Waals surface area contributed by atoms with E-state index in [1.165, 1.54) is 27.0 Å². The number of hydrogen-bond donors (Lipinski definition) is 0. The summed E-state index contributed by atoms with van der Waals surface area (Å²) >= 11 is 0. The predicted octanol–water partition coefficient (Wildman–Crippen LogP) is 7.85. The van der Waals surface area contributed by atoms with Crippen LogP contribution in [0.4, 0.5) is 0 Å². The first-order valence-corrected chi connectivity index (χ1v) is 14.6. The summed E-state index contributed by atoms with van der Waals surface area (Å²) in [6, 6.07) is 53.9. The first-order valence-electron chi connectivity index (χ1n) is 12.1. The maximum atomic E-state index is 4.49. The normalized spacial score (nSPS) is 11.9. The molecule has 0 aliphatic rings. The van der Waals surface area contributed by atoms with E-state index in [-0.39, 0.29) is 0 Å². The van der Waals surface area contributed by atoms with Gasteiger partial charge in [-0.3, -0.25) is 0 Å². The van der Waals surface area contributed by atoms with Crippen molar-refractivity contribution in [2.24, 2.45) is 0 Å². The molecule has 0 saturated carbocycles. The Morgan fingerprint density at radius 3 is 1.09 bits per heavy atom. The number of benzene rings is 5. The molecule has 0 unspecified atom stereocenters. The Balaban J connectivity index is 0.000000356. The van der Waals surface area contributed by atoms with Gasteiger partial charge >= 0.3 is 168 Å². The molecule has 0 heterocycles. The minimum Gasteiger partial charge on any atom is -0.0622 e. The second-order valence-corrected chi connectivity index (χ2v) is 13.9. The first-order chi connectivity index (χ1) is 17.2. The van der Waals surface area contributed by atoms with E-state index in [4.69, 9.17) is 0 Å². The Hall–Kier alpha value is -3.73. The molecule has 1 heteroatoms. The number of aryl methyl sites for hydroxylation is 1. The first kappa shape index (κ1) is 24.4. The zero-order valence-corrected chi connectivity index (χ0v) is 21.3. The maximum absolute atomic E-state index is 4.49. The minimum absolute atomic E-state index is 0.925. The van der Waals surface area contributed by atoms with E-state index in [1.807, 2.05) is 18.2 Å². The van der Waals surface area contributed by atoms with Crippen LogP contribution in [-0.4, -0.2) is 0 Å². The van der Waals surface area contributed by atoms with Crippen LogP contribution in [0.15, 0.2) is 164 Å². The zero-order valence-electron chi connectivity index (χ0n) is 20.4. The van der Waals surface area contributed by atoms with Crippen molar-refractivity contribution in [1.82, 2.24) is 0 Å². The van der Waals surface area contributed by atoms with Gasteiger partial charge in [0.2, 0.25) is 0 Å². The second kappa shape index (κ2) is 11.1. The minimum atomic E-state index is -2.94. The second-order valence-electron chi connectivity index (χ2n) is 8.87. The third kappa shape index (κ3) is 4.90. The molecule has 0 spiro atoms. The fourth-order valence-electron chi connectivity index (χ4n) is 4.90. The quantitative estimate of drug-likeness (QED) is 0.221. The molecule has 0 N–H and O–H groups in total. The summed E-state index contributed by atoms with van der Waals surface area (Å²) in [4.78, 5) is 0. The van der Waals surface area contributed by atoms with E-state index in [1.54, 1.807) is 0 Å². The third-order valence-corrected chi connectivity index (χ3v) is 13.0. The number of rotatable bonds is 6. The van der Waals surface area contributed by atoms with Crippen molar-refractivity contribution < 1.29 is 0 Å². The molecule has 0 atom stereocenters. The Morgan fingerprint density at radius 1 is 0.486 bits per heavy atom. The average Bonchev–Trinajstić information content (AvgIpc) is 2.95. The van der Waals surface area contributed by atoms with E-state index in [0.29, 0.717) is 0 Å². The molecule has 0 amide bonds. The van der Waals surface area contributed by atoms with Crippen molar-refractivity contribution in [3.63, 3.8) is 0 Å². The molecular formula is C34H33P. The molecule has 0 nitrogen and oxygen atoms in total. The third-order valence-electron chi connectivity index (χ3n) is 6.74. The van der Waals surface area contributed by atoms with Crippen LogP contribution < -0.4 is 15.9 Å². The largest absolute Gasteiger partial charge is 0.0622 e. The Labute approximate surface area is 210 Å². The van der Waals surface area contributed by atoms with Crippen LogP contribution in [0.1, 0.15) is 11.1 Å². The van der Waals surface area contributed by atoms with Gasteiger partial charge in [-0.05, 0) is 6.92 Å². The molecular weight excluding hydrogens is 439 g/mol. The summed E-state index contributed by atoms with van der Waals surface area (Å²) in [5, 5.41) is 4.05. The van der Waals surface area contributed by atoms with Gasteiger partial charge < -0.3 is 0 Å². The summed E-state index contributed by atoms with van der Waals surface area (Å²) < 4.78 is 0. The Morgan fingerprint density at radius 2 is 0.800 bits per heavy atom. The Kier molecular flexibility index (Phi) is 7.76. The average molecular weight is 473 g/mol. The zero-order chi connectivity index (χ0) is 24.4. The van der Waals surface area contributed by atoms with Gasteiger partial charge in [-0.2, -0.15) is 0 Å². The van der Waals surface area contributed by atoms with Gasteiger partial charge in [0, 0.05) is 0 Å². The van der Waals surface area contributed by atoms with Crippen molar-refractivity contribution >= 4 is 22.5 Å². The van der Waals surface area contributed by atoms with Crippen LogP contribution in [0.25, 0.3) is 0 Å². The van der Waals surface area contributed by atoms with Gasteiger partial charge in [0.15, 0.2) is 0 Å². The van der Waals surface area contributed by atoms with Crippen LogP contribution in [0.3, 0.4) is 0 Å². The smallest absolute Gasteiger partial charge is 0.0398 e. The van der Waals surface area contributed by atoms with Gasteiger partial charge in [-0.1, -0.05) is 35.9 Å². The SMILES string of the molecule is C=CP(Cc1ccccc1)(c1ccccc1)(c1ccccc1)c1ccccc1.Cc1ccccc1. The van der Waals surface area contributed by atoms with Crippen LogP contribution in [0, 0.1) is 6.92 Å². The van der Waals surface area contributed by atoms with E-state index >= 15 is 0 Å². The molecule has 0 aliphatic heterocycles. The van der Waals surface area contributed by atoms with Gasteiger partial charge in [-0.15, -0.1) is 0 Å². The van der Waals surface area contributed by atoms with Crippen molar-refractivity contribution in [1.29, 1.82) is 0 Å². The Bertz CT molecular complexity index is 1210. The van der Waals surface area contributed by atoms with Crippen LogP contribution in [0.2, 0.25) is 0 Å². The standard InChI is InChI=1S/C27H25P.C7H8/c1-2-28(25-17-9-4-10-18-25,26-19-11-5-12-20-26,27-21-13-6-14-22-27)23-24-15-7-3-8-16-24;1-7-5-3-2-4-6-7/h2-22H,1,23H2;2-6H,1H3. The van der Waals surface area contributed by atoms with Gasteiger partial charge in [0.05, 0.1) is 0 Å². The number of hydrogen-bond acceptors (Lipinski definition) is 0. The summed E-state index contributed by atoms with van der Waals surface area (Å²) in [6.45, 7) is 3.63. The predicted molar refractivity (Wildman–Crippen MR) is 157 cm³/mol. The van der Waals surface area contributed by atoms with Crippen molar-refractivity contribution in [3.05, 3.63) is 175 Å². The molecule has 35 heavy (non-hydrogen) atoms. The van der Waals surface area contributed by atoms with Crippen molar-refractivity contribution in [2.75, 3.05) is 0 Å². The van der Waals surface area contributed by atoms with Crippen LogP contribution in [0.5, 0.6) is 0 Å². The summed E-state index contributed by atoms with van der Waals surface area (Å²) in [6.07, 6.45) is 0.925. The molecule has 0 fully saturated rings. The van der Waals surface area contributed by atoms with Crippen molar-refractivity contribution in [3.8, 4) is 0 Å². The summed E-state index contributed by atoms with van der Waals surface area (Å²) in [5.74, 6) is 2.28. The van der Waals surface area contributed by atoms with Crippen LogP contribution in [-0.2, 0) is 6.16 Å². The maximum Gasteiger partial charge on any atom is -0.0398 e. The van der Waals surface area contributed by atoms with E-state index in [2.05, 4.69) is 153 Å². The molecule has 5 rings (SSSR count). The molecule has 0 radical (unpaired) electrons. The van der Waals surface area contributed by atoms with Gasteiger partial charge in [-0.25, -0.2) is 0 Å². The van der Waals surface area contributed by atoms with Crippen molar-refractivity contribution in [2.45, 2.75) is 13.1 Å². The molecule has 0 bridgehead atoms. The van der Waals surface area contributed by atoms with E-state index in [9.17, 15) is 0 Å². The van der Waals surface area contributed by atoms with Gasteiger partial charge in [0.25, 0.3) is 0 Å². The summed E-state index contributed by atoms with van der Waals surface area (Å²) in [5.41, 5.74) is 2.65.